The van der Waals surface area contributed by atoms with Crippen LogP contribution in [0.1, 0.15) is 79.0 Å². The fourth-order valence-electron chi connectivity index (χ4n) is 8.62. The quantitative estimate of drug-likeness (QED) is 0.162. The molecule has 7 aromatic carbocycles. The molecule has 0 spiro atoms. The third kappa shape index (κ3) is 9.02. The summed E-state index contributed by atoms with van der Waals surface area (Å²) in [5, 5.41) is 12.5. The number of fused-ring (bicyclic) bond motifs is 1. The van der Waals surface area contributed by atoms with E-state index in [9.17, 15) is 5.11 Å². The van der Waals surface area contributed by atoms with Gasteiger partial charge in [0.25, 0.3) is 0 Å². The second-order valence-corrected chi connectivity index (χ2v) is 20.1. The Morgan fingerprint density at radius 1 is 0.477 bits per heavy atom. The van der Waals surface area contributed by atoms with Crippen molar-refractivity contribution in [2.24, 2.45) is 0 Å². The Balaban J connectivity index is 0.00000576. The second-order valence-electron chi connectivity index (χ2n) is 20.1. The maximum absolute atomic E-state index is 12.5. The van der Waals surface area contributed by atoms with Crippen molar-refractivity contribution in [3.8, 4) is 78.6 Å². The van der Waals surface area contributed by atoms with Gasteiger partial charge >= 0.3 is 0 Å². The average Bonchev–Trinajstić information content (AvgIpc) is 3.68. The van der Waals surface area contributed by atoms with Crippen LogP contribution >= 0.6 is 0 Å². The number of hydrogen-bond donors (Lipinski definition) is 1. The van der Waals surface area contributed by atoms with Gasteiger partial charge in [0, 0.05) is 44.1 Å². The van der Waals surface area contributed by atoms with Gasteiger partial charge in [-0.05, 0) is 85.5 Å². The molecule has 0 aliphatic carbocycles. The molecule has 5 heteroatoms. The number of imidazole rings is 1. The molecule has 0 fully saturated rings. The molecule has 9 aromatic rings. The zero-order valence-corrected chi connectivity index (χ0v) is 41.0. The molecule has 0 aliphatic rings. The predicted molar refractivity (Wildman–Crippen MR) is 268 cm³/mol. The normalized spacial score (nSPS) is 12.0. The summed E-state index contributed by atoms with van der Waals surface area (Å²) in [6.45, 7) is 19.9. The number of benzene rings is 7. The SMILES string of the molecule is CC(C)(C)c1ccc(-n2c(-c3cc(C(C)(C)C)cc(C(C)(C)C)c3O)nc3c(-c4[c-]c(-c5cc(-c6ccc(-c7ccccc7)cc6)ccn5)ccc4)cccc32)c(-c2ccccc2)c1.[Pt]. The molecule has 0 atom stereocenters. The van der Waals surface area contributed by atoms with E-state index in [1.165, 1.54) is 16.7 Å². The Morgan fingerprint density at radius 2 is 1.06 bits per heavy atom. The van der Waals surface area contributed by atoms with Crippen molar-refractivity contribution in [1.29, 1.82) is 0 Å². The number of pyridine rings is 1. The maximum Gasteiger partial charge on any atom is 0.148 e. The van der Waals surface area contributed by atoms with E-state index < -0.39 is 0 Å². The minimum atomic E-state index is -0.321. The van der Waals surface area contributed by atoms with Crippen LogP contribution in [0.25, 0.3) is 83.9 Å². The zero-order chi connectivity index (χ0) is 45.0. The molecule has 2 heterocycles. The van der Waals surface area contributed by atoms with Gasteiger partial charge in [-0.2, -0.15) is 0 Å². The molecule has 0 saturated carbocycles. The summed E-state index contributed by atoms with van der Waals surface area (Å²) in [6, 6.07) is 61.5. The van der Waals surface area contributed by atoms with Crippen LogP contribution in [0.3, 0.4) is 0 Å². The van der Waals surface area contributed by atoms with Gasteiger partial charge in [-0.3, -0.25) is 9.55 Å². The van der Waals surface area contributed by atoms with E-state index >= 15 is 0 Å². The zero-order valence-electron chi connectivity index (χ0n) is 38.8. The maximum atomic E-state index is 12.5. The van der Waals surface area contributed by atoms with Crippen molar-refractivity contribution in [3.05, 3.63) is 193 Å². The number of aromatic nitrogens is 3. The number of rotatable bonds is 7. The van der Waals surface area contributed by atoms with E-state index in [1.54, 1.807) is 0 Å². The van der Waals surface area contributed by atoms with Gasteiger partial charge in [0.1, 0.15) is 11.6 Å². The Morgan fingerprint density at radius 3 is 1.71 bits per heavy atom. The van der Waals surface area contributed by atoms with Gasteiger partial charge < -0.3 is 5.11 Å². The standard InChI is InChI=1S/C60H56N3O.Pt/c1-58(2,3)46-30-31-53(49(36-46)42-20-14-11-15-21-42)63-54-25-17-24-48(55(54)62-57(63)50-37-47(59(4,5)6)38-51(56(50)64)60(7,8)9)44-22-16-23-45(34-44)52-35-43(32-33-61-52)41-28-26-40(27-29-41)39-18-12-10-13-19-39;/h10-33,35-38,64H,1-9H3;/q-1;. The molecule has 65 heavy (non-hydrogen) atoms. The molecule has 0 amide bonds. The van der Waals surface area contributed by atoms with Crippen LogP contribution in [0.15, 0.2) is 170 Å². The van der Waals surface area contributed by atoms with Crippen molar-refractivity contribution < 1.29 is 26.2 Å². The number of para-hydroxylation sites is 1. The molecule has 4 nitrogen and oxygen atoms in total. The van der Waals surface area contributed by atoms with Gasteiger partial charge in [0.2, 0.25) is 0 Å². The van der Waals surface area contributed by atoms with E-state index in [1.807, 2.05) is 12.3 Å². The summed E-state index contributed by atoms with van der Waals surface area (Å²) in [7, 11) is 0. The monoisotopic (exact) mass is 1030 g/mol. The first-order valence-corrected chi connectivity index (χ1v) is 22.3. The molecule has 1 N–H and O–H groups in total. The van der Waals surface area contributed by atoms with E-state index in [0.29, 0.717) is 11.4 Å². The molecule has 0 bridgehead atoms. The Kier molecular flexibility index (Phi) is 12.2. The van der Waals surface area contributed by atoms with Crippen molar-refractivity contribution in [2.75, 3.05) is 0 Å². The second kappa shape index (κ2) is 17.6. The number of hydrogen-bond acceptors (Lipinski definition) is 3. The summed E-state index contributed by atoms with van der Waals surface area (Å²) >= 11 is 0. The van der Waals surface area contributed by atoms with Gasteiger partial charge in [0.15, 0.2) is 0 Å². The largest absolute Gasteiger partial charge is 0.507 e. The molecular weight excluding hydrogens is 974 g/mol. The first-order chi connectivity index (χ1) is 30.5. The summed E-state index contributed by atoms with van der Waals surface area (Å²) in [5.74, 6) is 0.932. The molecule has 0 unspecified atom stereocenters. The van der Waals surface area contributed by atoms with E-state index in [2.05, 4.69) is 231 Å². The van der Waals surface area contributed by atoms with Gasteiger partial charge in [-0.1, -0.05) is 189 Å². The van der Waals surface area contributed by atoms with Crippen molar-refractivity contribution in [2.45, 2.75) is 78.6 Å². The number of phenols is 1. The third-order valence-corrected chi connectivity index (χ3v) is 12.3. The van der Waals surface area contributed by atoms with Crippen LogP contribution in [0.4, 0.5) is 0 Å². The Hall–Kier alpha value is -6.35. The summed E-state index contributed by atoms with van der Waals surface area (Å²) in [4.78, 5) is 10.4. The van der Waals surface area contributed by atoms with Crippen molar-refractivity contribution >= 4 is 11.0 Å². The molecule has 9 rings (SSSR count). The van der Waals surface area contributed by atoms with Crippen molar-refractivity contribution in [1.82, 2.24) is 14.5 Å². The Labute approximate surface area is 399 Å². The number of nitrogens with zero attached hydrogens (tertiary/aromatic N) is 3. The summed E-state index contributed by atoms with van der Waals surface area (Å²) < 4.78 is 2.26. The average molecular weight is 1030 g/mol. The molecular formula is C60H56N3OPt-. The fraction of sp³-hybridized carbons (Fsp3) is 0.200. The molecule has 328 valence electrons. The third-order valence-electron chi connectivity index (χ3n) is 12.3. The van der Waals surface area contributed by atoms with E-state index in [4.69, 9.17) is 9.97 Å². The van der Waals surface area contributed by atoms with E-state index in [0.717, 1.165) is 72.5 Å². The number of aromatic hydroxyl groups is 1. The summed E-state index contributed by atoms with van der Waals surface area (Å²) in [6.07, 6.45) is 1.88. The fourth-order valence-corrected chi connectivity index (χ4v) is 8.62. The minimum Gasteiger partial charge on any atom is -0.507 e. The van der Waals surface area contributed by atoms with Crippen molar-refractivity contribution in [3.63, 3.8) is 0 Å². The molecule has 0 aliphatic heterocycles. The van der Waals surface area contributed by atoms with Gasteiger partial charge in [-0.25, -0.2) is 4.98 Å². The van der Waals surface area contributed by atoms with Gasteiger partial charge in [0.05, 0.1) is 22.3 Å². The first kappa shape index (κ1) is 45.2. The van der Waals surface area contributed by atoms with Crippen LogP contribution in [0, 0.1) is 6.07 Å². The van der Waals surface area contributed by atoms with Crippen LogP contribution in [-0.4, -0.2) is 19.6 Å². The van der Waals surface area contributed by atoms with Crippen LogP contribution in [0.5, 0.6) is 5.75 Å². The smallest absolute Gasteiger partial charge is 0.148 e. The minimum absolute atomic E-state index is 0. The van der Waals surface area contributed by atoms with Crippen LogP contribution < -0.4 is 0 Å². The van der Waals surface area contributed by atoms with E-state index in [-0.39, 0.29) is 43.1 Å². The topological polar surface area (TPSA) is 50.9 Å². The number of phenolic OH excluding ortho intramolecular Hbond substituents is 1. The predicted octanol–water partition coefficient (Wildman–Crippen LogP) is 15.8. The van der Waals surface area contributed by atoms with Crippen LogP contribution in [-0.2, 0) is 37.3 Å². The van der Waals surface area contributed by atoms with Gasteiger partial charge in [-0.15, -0.1) is 29.8 Å². The van der Waals surface area contributed by atoms with Crippen LogP contribution in [0.2, 0.25) is 0 Å². The molecule has 0 saturated heterocycles. The summed E-state index contributed by atoms with van der Waals surface area (Å²) in [5.41, 5.74) is 16.5. The molecule has 2 aromatic heterocycles. The molecule has 0 radical (unpaired) electrons. The first-order valence-electron chi connectivity index (χ1n) is 22.3. The Bertz CT molecular complexity index is 3150.